The van der Waals surface area contributed by atoms with E-state index in [9.17, 15) is 4.79 Å². The molecule has 0 fully saturated rings. The first kappa shape index (κ1) is 13.9. The highest BCUT2D eigenvalue weighted by Crippen LogP contribution is 2.16. The van der Waals surface area contributed by atoms with Gasteiger partial charge < -0.3 is 15.8 Å². The van der Waals surface area contributed by atoms with Gasteiger partial charge in [-0.2, -0.15) is 0 Å². The number of fused-ring (bicyclic) bond motifs is 1. The Hall–Kier alpha value is -2.56. The Balaban J connectivity index is 2.14. The van der Waals surface area contributed by atoms with Crippen LogP contribution in [0.2, 0.25) is 0 Å². The van der Waals surface area contributed by atoms with E-state index in [1.54, 1.807) is 11.9 Å². The number of amides is 1. The van der Waals surface area contributed by atoms with Gasteiger partial charge in [0.2, 0.25) is 0 Å². The summed E-state index contributed by atoms with van der Waals surface area (Å²) in [5.41, 5.74) is 6.03. The van der Waals surface area contributed by atoms with E-state index in [1.165, 1.54) is 0 Å². The van der Waals surface area contributed by atoms with Crippen LogP contribution in [0.25, 0.3) is 10.8 Å². The van der Waals surface area contributed by atoms with E-state index in [1.807, 2.05) is 42.5 Å². The molecule has 0 aliphatic rings. The number of nitrogens with two attached hydrogens (primary N) is 1. The van der Waals surface area contributed by atoms with Crippen LogP contribution in [0, 0.1) is 0 Å². The van der Waals surface area contributed by atoms with Crippen molar-refractivity contribution in [3.63, 3.8) is 0 Å². The minimum Gasteiger partial charge on any atom is -0.409 e. The van der Waals surface area contributed by atoms with E-state index in [0.717, 1.165) is 10.8 Å². The van der Waals surface area contributed by atoms with E-state index < -0.39 is 0 Å². The van der Waals surface area contributed by atoms with Gasteiger partial charge >= 0.3 is 0 Å². The first-order valence-electron chi connectivity index (χ1n) is 6.32. The molecule has 1 amide bonds. The van der Waals surface area contributed by atoms with Gasteiger partial charge in [-0.3, -0.25) is 4.79 Å². The molecule has 20 heavy (non-hydrogen) atoms. The van der Waals surface area contributed by atoms with Crippen molar-refractivity contribution in [2.75, 3.05) is 13.6 Å². The zero-order valence-electron chi connectivity index (χ0n) is 11.3. The molecule has 0 bridgehead atoms. The van der Waals surface area contributed by atoms with Crippen LogP contribution in [0.5, 0.6) is 0 Å². The zero-order chi connectivity index (χ0) is 14.5. The second-order valence-electron chi connectivity index (χ2n) is 4.63. The fourth-order valence-electron chi connectivity index (χ4n) is 1.98. The standard InChI is InChI=1S/C15H17N3O2/c1-18(9-8-14(16)17-20)15(19)13-7-6-11-4-2-3-5-12(11)10-13/h2-7,10,20H,8-9H2,1H3,(H2,16,17). The molecule has 0 aromatic heterocycles. The van der Waals surface area contributed by atoms with Crippen LogP contribution < -0.4 is 5.73 Å². The predicted octanol–water partition coefficient (Wildman–Crippen LogP) is 2.05. The molecular formula is C15H17N3O2. The number of carbonyl (C=O) groups is 1. The lowest BCUT2D eigenvalue weighted by atomic mass is 10.1. The second kappa shape index (κ2) is 6.06. The van der Waals surface area contributed by atoms with Crippen molar-refractivity contribution in [2.24, 2.45) is 10.9 Å². The number of hydrogen-bond donors (Lipinski definition) is 2. The van der Waals surface area contributed by atoms with Crippen molar-refractivity contribution in [2.45, 2.75) is 6.42 Å². The largest absolute Gasteiger partial charge is 0.409 e. The van der Waals surface area contributed by atoms with Gasteiger partial charge in [-0.15, -0.1) is 0 Å². The van der Waals surface area contributed by atoms with Crippen molar-refractivity contribution in [1.82, 2.24) is 4.90 Å². The summed E-state index contributed by atoms with van der Waals surface area (Å²) in [4.78, 5) is 13.8. The van der Waals surface area contributed by atoms with E-state index in [4.69, 9.17) is 10.9 Å². The lowest BCUT2D eigenvalue weighted by Gasteiger charge is -2.17. The van der Waals surface area contributed by atoms with Crippen molar-refractivity contribution in [3.8, 4) is 0 Å². The maximum Gasteiger partial charge on any atom is 0.253 e. The summed E-state index contributed by atoms with van der Waals surface area (Å²) in [5, 5.41) is 13.5. The summed E-state index contributed by atoms with van der Waals surface area (Å²) in [6.45, 7) is 0.404. The van der Waals surface area contributed by atoms with Crippen LogP contribution in [0.3, 0.4) is 0 Å². The topological polar surface area (TPSA) is 78.9 Å². The Morgan fingerprint density at radius 1 is 1.25 bits per heavy atom. The van der Waals surface area contributed by atoms with Crippen molar-refractivity contribution in [3.05, 3.63) is 48.0 Å². The van der Waals surface area contributed by atoms with Crippen LogP contribution in [-0.2, 0) is 0 Å². The molecule has 0 radical (unpaired) electrons. The van der Waals surface area contributed by atoms with Crippen LogP contribution in [0.4, 0.5) is 0 Å². The third-order valence-electron chi connectivity index (χ3n) is 3.17. The maximum absolute atomic E-state index is 12.3. The van der Waals surface area contributed by atoms with Crippen LogP contribution in [0.15, 0.2) is 47.6 Å². The summed E-state index contributed by atoms with van der Waals surface area (Å²) in [7, 11) is 1.70. The Kier molecular flexibility index (Phi) is 4.20. The predicted molar refractivity (Wildman–Crippen MR) is 78.9 cm³/mol. The fraction of sp³-hybridized carbons (Fsp3) is 0.200. The van der Waals surface area contributed by atoms with Gasteiger partial charge in [0.05, 0.1) is 0 Å². The Bertz CT molecular complexity index is 652. The number of amidine groups is 1. The molecule has 2 rings (SSSR count). The molecule has 0 spiro atoms. The number of nitrogens with zero attached hydrogens (tertiary/aromatic N) is 2. The lowest BCUT2D eigenvalue weighted by Crippen LogP contribution is -2.30. The normalized spacial score (nSPS) is 11.6. The molecule has 0 saturated heterocycles. The van der Waals surface area contributed by atoms with Gasteiger partial charge in [0.25, 0.3) is 5.91 Å². The Morgan fingerprint density at radius 3 is 2.65 bits per heavy atom. The van der Waals surface area contributed by atoms with E-state index in [-0.39, 0.29) is 11.7 Å². The fourth-order valence-corrected chi connectivity index (χ4v) is 1.98. The monoisotopic (exact) mass is 271 g/mol. The molecular weight excluding hydrogens is 254 g/mol. The van der Waals surface area contributed by atoms with Crippen LogP contribution in [0.1, 0.15) is 16.8 Å². The lowest BCUT2D eigenvalue weighted by molar-refractivity contribution is 0.0798. The summed E-state index contributed by atoms with van der Waals surface area (Å²) in [5.74, 6) is 0.0321. The molecule has 0 unspecified atom stereocenters. The molecule has 104 valence electrons. The summed E-state index contributed by atoms with van der Waals surface area (Å²) < 4.78 is 0. The molecule has 0 heterocycles. The highest BCUT2D eigenvalue weighted by Gasteiger charge is 2.12. The minimum absolute atomic E-state index is 0.0820. The molecule has 0 saturated carbocycles. The average molecular weight is 271 g/mol. The first-order chi connectivity index (χ1) is 9.61. The summed E-state index contributed by atoms with van der Waals surface area (Å²) in [6, 6.07) is 13.5. The Morgan fingerprint density at radius 2 is 1.95 bits per heavy atom. The number of benzene rings is 2. The zero-order valence-corrected chi connectivity index (χ0v) is 11.3. The molecule has 2 aromatic rings. The SMILES string of the molecule is CN(CC/C(N)=N/O)C(=O)c1ccc2ccccc2c1. The quantitative estimate of drug-likeness (QED) is 0.386. The number of hydrogen-bond acceptors (Lipinski definition) is 3. The Labute approximate surface area is 117 Å². The molecule has 5 nitrogen and oxygen atoms in total. The first-order valence-corrected chi connectivity index (χ1v) is 6.32. The second-order valence-corrected chi connectivity index (χ2v) is 4.63. The van der Waals surface area contributed by atoms with Gasteiger partial charge in [-0.05, 0) is 22.9 Å². The third-order valence-corrected chi connectivity index (χ3v) is 3.17. The van der Waals surface area contributed by atoms with Gasteiger partial charge in [0.1, 0.15) is 5.84 Å². The highest BCUT2D eigenvalue weighted by atomic mass is 16.4. The van der Waals surface area contributed by atoms with Crippen LogP contribution in [-0.4, -0.2) is 35.4 Å². The molecule has 0 atom stereocenters. The van der Waals surface area contributed by atoms with Gasteiger partial charge in [0.15, 0.2) is 0 Å². The molecule has 0 aliphatic heterocycles. The maximum atomic E-state index is 12.3. The van der Waals surface area contributed by atoms with Crippen molar-refractivity contribution >= 4 is 22.5 Å². The van der Waals surface area contributed by atoms with E-state index in [2.05, 4.69) is 5.16 Å². The van der Waals surface area contributed by atoms with E-state index >= 15 is 0 Å². The van der Waals surface area contributed by atoms with E-state index in [0.29, 0.717) is 18.5 Å². The van der Waals surface area contributed by atoms with Crippen molar-refractivity contribution < 1.29 is 10.0 Å². The number of oxime groups is 1. The smallest absolute Gasteiger partial charge is 0.253 e. The third kappa shape index (κ3) is 3.06. The van der Waals surface area contributed by atoms with Gasteiger partial charge in [-0.1, -0.05) is 35.5 Å². The van der Waals surface area contributed by atoms with Crippen molar-refractivity contribution in [1.29, 1.82) is 0 Å². The summed E-state index contributed by atoms with van der Waals surface area (Å²) >= 11 is 0. The van der Waals surface area contributed by atoms with Gasteiger partial charge in [-0.25, -0.2) is 0 Å². The molecule has 2 aromatic carbocycles. The number of rotatable bonds is 4. The average Bonchev–Trinajstić information content (AvgIpc) is 2.50. The highest BCUT2D eigenvalue weighted by molar-refractivity contribution is 5.98. The molecule has 5 heteroatoms. The number of carbonyl (C=O) groups excluding carboxylic acids is 1. The summed E-state index contributed by atoms with van der Waals surface area (Å²) in [6.07, 6.45) is 0.340. The van der Waals surface area contributed by atoms with Crippen LogP contribution >= 0.6 is 0 Å². The van der Waals surface area contributed by atoms with Gasteiger partial charge in [0, 0.05) is 25.6 Å². The molecule has 3 N–H and O–H groups in total. The minimum atomic E-state index is -0.0820. The molecule has 0 aliphatic carbocycles.